The number of piperazine rings is 1. The number of amides is 2. The molecule has 0 saturated carbocycles. The topological polar surface area (TPSA) is 103 Å². The van der Waals surface area contributed by atoms with Crippen LogP contribution in [0, 0.1) is 5.82 Å². The lowest BCUT2D eigenvalue weighted by Gasteiger charge is -2.32. The van der Waals surface area contributed by atoms with E-state index in [0.29, 0.717) is 35.6 Å². The van der Waals surface area contributed by atoms with Crippen molar-refractivity contribution in [3.05, 3.63) is 42.2 Å². The van der Waals surface area contributed by atoms with E-state index in [9.17, 15) is 14.0 Å². The number of aromatic nitrogens is 3. The van der Waals surface area contributed by atoms with E-state index in [1.807, 2.05) is 11.9 Å². The lowest BCUT2D eigenvalue weighted by molar-refractivity contribution is -0.130. The summed E-state index contributed by atoms with van der Waals surface area (Å²) >= 11 is 0. The number of nitrogens with one attached hydrogen (secondary N) is 2. The summed E-state index contributed by atoms with van der Waals surface area (Å²) in [5.41, 5.74) is 2.30. The summed E-state index contributed by atoms with van der Waals surface area (Å²) in [4.78, 5) is 41.5. The van der Waals surface area contributed by atoms with Crippen molar-refractivity contribution in [2.75, 3.05) is 50.4 Å². The molecular formula is C22H24FN7O2. The van der Waals surface area contributed by atoms with Crippen molar-refractivity contribution in [2.45, 2.75) is 6.92 Å². The number of benzene rings is 1. The van der Waals surface area contributed by atoms with Crippen LogP contribution in [-0.2, 0) is 9.59 Å². The molecule has 1 aromatic carbocycles. The SMILES string of the molecule is CC(=O)Nc1nc(NCC(=O)N2CCN(C)CC2)c2nc(-c3ccc(F)cc3)ccc2n1. The van der Waals surface area contributed by atoms with Gasteiger partial charge in [-0.05, 0) is 43.4 Å². The predicted molar refractivity (Wildman–Crippen MR) is 120 cm³/mol. The van der Waals surface area contributed by atoms with Crippen LogP contribution >= 0.6 is 0 Å². The molecule has 0 unspecified atom stereocenters. The number of carbonyl (C=O) groups is 2. The zero-order chi connectivity index (χ0) is 22.7. The Bertz CT molecular complexity index is 1140. The second-order valence-corrected chi connectivity index (χ2v) is 7.69. The number of hydrogen-bond donors (Lipinski definition) is 2. The molecule has 3 aromatic rings. The van der Waals surface area contributed by atoms with Crippen molar-refractivity contribution in [1.82, 2.24) is 24.8 Å². The molecule has 3 heterocycles. The van der Waals surface area contributed by atoms with Crippen LogP contribution in [0.2, 0.25) is 0 Å². The normalized spacial score (nSPS) is 14.4. The summed E-state index contributed by atoms with van der Waals surface area (Å²) in [5.74, 6) is -0.219. The van der Waals surface area contributed by atoms with Crippen molar-refractivity contribution in [1.29, 1.82) is 0 Å². The molecule has 0 atom stereocenters. The van der Waals surface area contributed by atoms with Gasteiger partial charge in [0, 0.05) is 38.7 Å². The lowest BCUT2D eigenvalue weighted by atomic mass is 10.1. The van der Waals surface area contributed by atoms with E-state index >= 15 is 0 Å². The van der Waals surface area contributed by atoms with Crippen molar-refractivity contribution in [3.63, 3.8) is 0 Å². The molecule has 1 fully saturated rings. The van der Waals surface area contributed by atoms with Gasteiger partial charge in [0.25, 0.3) is 0 Å². The van der Waals surface area contributed by atoms with Crippen LogP contribution in [-0.4, -0.2) is 76.3 Å². The number of hydrogen-bond acceptors (Lipinski definition) is 7. The van der Waals surface area contributed by atoms with Crippen molar-refractivity contribution < 1.29 is 14.0 Å². The lowest BCUT2D eigenvalue weighted by Crippen LogP contribution is -2.48. The average Bonchev–Trinajstić information content (AvgIpc) is 2.77. The van der Waals surface area contributed by atoms with Gasteiger partial charge in [-0.1, -0.05) is 0 Å². The maximum atomic E-state index is 13.3. The van der Waals surface area contributed by atoms with Gasteiger partial charge in [-0.2, -0.15) is 4.98 Å². The molecule has 2 aromatic heterocycles. The summed E-state index contributed by atoms with van der Waals surface area (Å²) in [5, 5.41) is 5.64. The van der Waals surface area contributed by atoms with Crippen LogP contribution in [0.15, 0.2) is 36.4 Å². The zero-order valence-corrected chi connectivity index (χ0v) is 17.9. The summed E-state index contributed by atoms with van der Waals surface area (Å²) in [6, 6.07) is 9.53. The molecule has 10 heteroatoms. The Morgan fingerprint density at radius 2 is 1.72 bits per heavy atom. The molecule has 0 radical (unpaired) electrons. The Labute approximate surface area is 184 Å². The molecule has 2 amide bonds. The molecule has 2 N–H and O–H groups in total. The van der Waals surface area contributed by atoms with Gasteiger partial charge in [0.2, 0.25) is 17.8 Å². The van der Waals surface area contributed by atoms with Gasteiger partial charge in [0.15, 0.2) is 5.82 Å². The standard InChI is InChI=1S/C22H24FN7O2/c1-14(31)25-22-27-18-8-7-17(15-3-5-16(23)6-4-15)26-20(18)21(28-22)24-13-19(32)30-11-9-29(2)10-12-30/h3-8H,9-13H2,1-2H3,(H2,24,25,27,28,31). The maximum absolute atomic E-state index is 13.3. The van der Waals surface area contributed by atoms with Crippen molar-refractivity contribution in [3.8, 4) is 11.3 Å². The first-order valence-corrected chi connectivity index (χ1v) is 10.3. The third-order valence-corrected chi connectivity index (χ3v) is 5.23. The number of rotatable bonds is 5. The molecule has 0 aliphatic carbocycles. The first kappa shape index (κ1) is 21.6. The fourth-order valence-electron chi connectivity index (χ4n) is 3.46. The highest BCUT2D eigenvalue weighted by molar-refractivity contribution is 5.93. The van der Waals surface area contributed by atoms with Gasteiger partial charge in [-0.25, -0.2) is 14.4 Å². The van der Waals surface area contributed by atoms with E-state index in [0.717, 1.165) is 18.7 Å². The number of anilines is 2. The van der Waals surface area contributed by atoms with Gasteiger partial charge in [-0.15, -0.1) is 0 Å². The van der Waals surface area contributed by atoms with E-state index in [1.54, 1.807) is 24.3 Å². The summed E-state index contributed by atoms with van der Waals surface area (Å²) in [6.45, 7) is 4.41. The third-order valence-electron chi connectivity index (χ3n) is 5.23. The Balaban J connectivity index is 1.64. The quantitative estimate of drug-likeness (QED) is 0.629. The van der Waals surface area contributed by atoms with Gasteiger partial charge in [0.1, 0.15) is 11.3 Å². The molecule has 1 aliphatic heterocycles. The highest BCUT2D eigenvalue weighted by Gasteiger charge is 2.20. The van der Waals surface area contributed by atoms with Gasteiger partial charge >= 0.3 is 0 Å². The number of halogens is 1. The molecule has 1 saturated heterocycles. The van der Waals surface area contributed by atoms with E-state index in [2.05, 4.69) is 30.5 Å². The molecule has 0 bridgehead atoms. The van der Waals surface area contributed by atoms with Gasteiger partial charge < -0.3 is 15.1 Å². The van der Waals surface area contributed by atoms with Gasteiger partial charge in [-0.3, -0.25) is 14.9 Å². The Kier molecular flexibility index (Phi) is 6.22. The van der Waals surface area contributed by atoms with E-state index in [1.165, 1.54) is 19.1 Å². The number of fused-ring (bicyclic) bond motifs is 1. The van der Waals surface area contributed by atoms with E-state index in [-0.39, 0.29) is 30.1 Å². The minimum atomic E-state index is -0.331. The van der Waals surface area contributed by atoms with Crippen LogP contribution in [0.25, 0.3) is 22.3 Å². The Morgan fingerprint density at radius 1 is 1.00 bits per heavy atom. The predicted octanol–water partition coefficient (Wildman–Crippen LogP) is 1.98. The number of carbonyl (C=O) groups excluding carboxylic acids is 2. The second-order valence-electron chi connectivity index (χ2n) is 7.69. The van der Waals surface area contributed by atoms with Crippen molar-refractivity contribution >= 4 is 34.6 Å². The maximum Gasteiger partial charge on any atom is 0.242 e. The largest absolute Gasteiger partial charge is 0.359 e. The Morgan fingerprint density at radius 3 is 2.41 bits per heavy atom. The van der Waals surface area contributed by atoms with Crippen LogP contribution in [0.4, 0.5) is 16.2 Å². The fourth-order valence-corrected chi connectivity index (χ4v) is 3.46. The van der Waals surface area contributed by atoms with Crippen LogP contribution in [0.5, 0.6) is 0 Å². The van der Waals surface area contributed by atoms with E-state index in [4.69, 9.17) is 0 Å². The minimum Gasteiger partial charge on any atom is -0.359 e. The minimum absolute atomic E-state index is 0.0395. The first-order valence-electron chi connectivity index (χ1n) is 10.3. The highest BCUT2D eigenvalue weighted by atomic mass is 19.1. The fraction of sp³-hybridized carbons (Fsp3) is 0.318. The summed E-state index contributed by atoms with van der Waals surface area (Å²) < 4.78 is 13.3. The zero-order valence-electron chi connectivity index (χ0n) is 17.9. The molecule has 166 valence electrons. The number of likely N-dealkylation sites (N-methyl/N-ethyl adjacent to an activating group) is 1. The molecular weight excluding hydrogens is 413 g/mol. The molecule has 4 rings (SSSR count). The second kappa shape index (κ2) is 9.23. The smallest absolute Gasteiger partial charge is 0.242 e. The molecule has 32 heavy (non-hydrogen) atoms. The first-order chi connectivity index (χ1) is 15.4. The van der Waals surface area contributed by atoms with Crippen LogP contribution in [0.1, 0.15) is 6.92 Å². The molecule has 1 aliphatic rings. The van der Waals surface area contributed by atoms with Crippen molar-refractivity contribution in [2.24, 2.45) is 0 Å². The highest BCUT2D eigenvalue weighted by Crippen LogP contribution is 2.25. The summed E-state index contributed by atoms with van der Waals surface area (Å²) in [7, 11) is 2.03. The van der Waals surface area contributed by atoms with E-state index < -0.39 is 0 Å². The molecule has 0 spiro atoms. The number of pyridine rings is 1. The summed E-state index contributed by atoms with van der Waals surface area (Å²) in [6.07, 6.45) is 0. The monoisotopic (exact) mass is 437 g/mol. The molecule has 9 nitrogen and oxygen atoms in total. The Hall–Kier alpha value is -3.66. The van der Waals surface area contributed by atoms with Gasteiger partial charge in [0.05, 0.1) is 17.8 Å². The third kappa shape index (κ3) is 4.97. The van der Waals surface area contributed by atoms with Crippen LogP contribution in [0.3, 0.4) is 0 Å². The number of nitrogens with zero attached hydrogens (tertiary/aromatic N) is 5. The van der Waals surface area contributed by atoms with Crippen LogP contribution < -0.4 is 10.6 Å². The average molecular weight is 437 g/mol.